The molecule has 0 aliphatic heterocycles. The van der Waals surface area contributed by atoms with Crippen LogP contribution in [0.4, 0.5) is 0 Å². The number of phenolic OH excluding ortho intramolecular Hbond substituents is 1. The molecule has 1 atom stereocenters. The number of fused-ring (bicyclic) bond motifs is 1. The summed E-state index contributed by atoms with van der Waals surface area (Å²) >= 11 is 6.18. The summed E-state index contributed by atoms with van der Waals surface area (Å²) in [6.07, 6.45) is 2.49. The van der Waals surface area contributed by atoms with E-state index in [2.05, 4.69) is 40.4 Å². The van der Waals surface area contributed by atoms with Gasteiger partial charge in [-0.2, -0.15) is 0 Å². The molecule has 1 aromatic heterocycles. The van der Waals surface area contributed by atoms with Crippen LogP contribution in [0.15, 0.2) is 36.4 Å². The number of nitrogens with zero attached hydrogens (tertiary/aromatic N) is 1. The van der Waals surface area contributed by atoms with Crippen LogP contribution in [0.1, 0.15) is 48.7 Å². The van der Waals surface area contributed by atoms with E-state index in [1.54, 1.807) is 18.2 Å². The minimum atomic E-state index is 0.167. The van der Waals surface area contributed by atoms with Crippen LogP contribution in [-0.4, -0.2) is 15.1 Å². The van der Waals surface area contributed by atoms with Crippen LogP contribution in [0.25, 0.3) is 11.0 Å². The van der Waals surface area contributed by atoms with Gasteiger partial charge in [0.25, 0.3) is 0 Å². The van der Waals surface area contributed by atoms with Crippen molar-refractivity contribution in [1.29, 1.82) is 0 Å². The lowest BCUT2D eigenvalue weighted by Gasteiger charge is -2.15. The van der Waals surface area contributed by atoms with E-state index in [1.807, 2.05) is 0 Å². The fourth-order valence-corrected chi connectivity index (χ4v) is 3.13. The molecule has 3 aromatic rings. The number of hydrogen-bond acceptors (Lipinski definition) is 3. The monoisotopic (exact) mass is 341 g/mol. The molecule has 1 unspecified atom stereocenters. The van der Waals surface area contributed by atoms with Crippen molar-refractivity contribution in [3.63, 3.8) is 0 Å². The van der Waals surface area contributed by atoms with Crippen LogP contribution in [-0.2, 0) is 6.54 Å². The number of aromatic amines is 1. The highest BCUT2D eigenvalue weighted by atomic mass is 35.5. The fourth-order valence-electron chi connectivity index (χ4n) is 2.94. The van der Waals surface area contributed by atoms with Gasteiger partial charge in [-0.15, -0.1) is 0 Å². The zero-order valence-electron chi connectivity index (χ0n) is 13.5. The molecular weight excluding hydrogens is 322 g/mol. The Kier molecular flexibility index (Phi) is 3.94. The van der Waals surface area contributed by atoms with Gasteiger partial charge < -0.3 is 15.4 Å². The highest BCUT2D eigenvalue weighted by molar-refractivity contribution is 6.31. The summed E-state index contributed by atoms with van der Waals surface area (Å²) in [6, 6.07) is 11.5. The van der Waals surface area contributed by atoms with Gasteiger partial charge in [0.15, 0.2) is 0 Å². The summed E-state index contributed by atoms with van der Waals surface area (Å²) in [5.74, 6) is 1.98. The Labute approximate surface area is 145 Å². The highest BCUT2D eigenvalue weighted by Gasteiger charge is 2.26. The number of hydrogen-bond donors (Lipinski definition) is 3. The topological polar surface area (TPSA) is 60.9 Å². The molecule has 0 radical (unpaired) electrons. The van der Waals surface area contributed by atoms with E-state index < -0.39 is 0 Å². The van der Waals surface area contributed by atoms with Crippen molar-refractivity contribution in [1.82, 2.24) is 15.3 Å². The van der Waals surface area contributed by atoms with Gasteiger partial charge in [-0.25, -0.2) is 4.98 Å². The molecule has 1 fully saturated rings. The highest BCUT2D eigenvalue weighted by Crippen LogP contribution is 2.39. The molecular formula is C19H20ClN3O. The molecule has 1 aliphatic rings. The first kappa shape index (κ1) is 15.5. The molecule has 0 saturated heterocycles. The summed E-state index contributed by atoms with van der Waals surface area (Å²) in [4.78, 5) is 8.12. The number of benzene rings is 2. The maximum atomic E-state index is 9.59. The van der Waals surface area contributed by atoms with Crippen LogP contribution in [0.3, 0.4) is 0 Å². The van der Waals surface area contributed by atoms with Gasteiger partial charge in [-0.3, -0.25) is 0 Å². The van der Waals surface area contributed by atoms with Crippen LogP contribution >= 0.6 is 11.6 Å². The van der Waals surface area contributed by atoms with Crippen LogP contribution < -0.4 is 5.32 Å². The quantitative estimate of drug-likeness (QED) is 0.633. The number of H-pyrrole nitrogens is 1. The van der Waals surface area contributed by atoms with Crippen molar-refractivity contribution in [2.75, 3.05) is 0 Å². The van der Waals surface area contributed by atoms with E-state index in [1.165, 1.54) is 18.4 Å². The minimum absolute atomic E-state index is 0.167. The van der Waals surface area contributed by atoms with Crippen molar-refractivity contribution in [2.24, 2.45) is 0 Å². The molecule has 3 N–H and O–H groups in total. The maximum Gasteiger partial charge on any atom is 0.116 e. The molecule has 4 rings (SSSR count). The number of aromatic hydroxyl groups is 1. The molecule has 24 heavy (non-hydrogen) atoms. The van der Waals surface area contributed by atoms with Crippen LogP contribution in [0.2, 0.25) is 5.02 Å². The number of aromatic nitrogens is 2. The largest absolute Gasteiger partial charge is 0.508 e. The van der Waals surface area contributed by atoms with E-state index in [0.717, 1.165) is 22.4 Å². The van der Waals surface area contributed by atoms with Gasteiger partial charge in [0.1, 0.15) is 11.6 Å². The average Bonchev–Trinajstić information content (AvgIpc) is 3.34. The van der Waals surface area contributed by atoms with Crippen LogP contribution in [0.5, 0.6) is 5.75 Å². The second-order valence-corrected chi connectivity index (χ2v) is 6.96. The first-order valence-electron chi connectivity index (χ1n) is 8.30. The van der Waals surface area contributed by atoms with E-state index in [9.17, 15) is 5.11 Å². The average molecular weight is 342 g/mol. The van der Waals surface area contributed by atoms with Gasteiger partial charge in [-0.05, 0) is 61.2 Å². The van der Waals surface area contributed by atoms with Crippen molar-refractivity contribution < 1.29 is 5.11 Å². The number of nitrogens with one attached hydrogen (secondary N) is 2. The molecule has 1 aliphatic carbocycles. The lowest BCUT2D eigenvalue weighted by Crippen LogP contribution is -2.18. The number of imidazole rings is 1. The van der Waals surface area contributed by atoms with E-state index in [0.29, 0.717) is 17.5 Å². The van der Waals surface area contributed by atoms with Crippen molar-refractivity contribution in [3.05, 3.63) is 58.4 Å². The van der Waals surface area contributed by atoms with Crippen molar-refractivity contribution >= 4 is 22.6 Å². The Morgan fingerprint density at radius 2 is 2.12 bits per heavy atom. The minimum Gasteiger partial charge on any atom is -0.508 e. The Morgan fingerprint density at radius 3 is 2.92 bits per heavy atom. The third-order valence-electron chi connectivity index (χ3n) is 4.62. The summed E-state index contributed by atoms with van der Waals surface area (Å²) in [6.45, 7) is 2.72. The SMILES string of the molecule is CC(NCc1cc(O)ccc1Cl)c1ccc2nc(C3CC3)[nH]c2c1. The van der Waals surface area contributed by atoms with Gasteiger partial charge in [-0.1, -0.05) is 17.7 Å². The normalized spacial score (nSPS) is 15.8. The molecule has 0 amide bonds. The van der Waals surface area contributed by atoms with Crippen LogP contribution in [0, 0.1) is 0 Å². The summed E-state index contributed by atoms with van der Waals surface area (Å²) in [5, 5.41) is 13.7. The van der Waals surface area contributed by atoms with Gasteiger partial charge in [0.05, 0.1) is 11.0 Å². The molecule has 2 aromatic carbocycles. The molecule has 0 bridgehead atoms. The second kappa shape index (κ2) is 6.11. The lowest BCUT2D eigenvalue weighted by molar-refractivity contribution is 0.473. The molecule has 124 valence electrons. The summed E-state index contributed by atoms with van der Waals surface area (Å²) < 4.78 is 0. The first-order valence-corrected chi connectivity index (χ1v) is 8.68. The second-order valence-electron chi connectivity index (χ2n) is 6.55. The number of phenols is 1. The Bertz CT molecular complexity index is 885. The van der Waals surface area contributed by atoms with E-state index in [4.69, 9.17) is 11.6 Å². The van der Waals surface area contributed by atoms with Crippen molar-refractivity contribution in [3.8, 4) is 5.75 Å². The van der Waals surface area contributed by atoms with Crippen molar-refractivity contribution in [2.45, 2.75) is 38.3 Å². The van der Waals surface area contributed by atoms with Gasteiger partial charge >= 0.3 is 0 Å². The molecule has 4 nitrogen and oxygen atoms in total. The van der Waals surface area contributed by atoms with Gasteiger partial charge in [0.2, 0.25) is 0 Å². The standard InChI is InChI=1S/C19H20ClN3O/c1-11(21-10-14-8-15(24)5-6-16(14)20)13-4-7-17-18(9-13)23-19(22-17)12-2-3-12/h4-9,11-12,21,24H,2-3,10H2,1H3,(H,22,23). The smallest absolute Gasteiger partial charge is 0.116 e. The van der Waals surface area contributed by atoms with E-state index >= 15 is 0 Å². The molecule has 0 spiro atoms. The Morgan fingerprint density at radius 1 is 1.29 bits per heavy atom. The lowest BCUT2D eigenvalue weighted by atomic mass is 10.1. The maximum absolute atomic E-state index is 9.59. The summed E-state index contributed by atoms with van der Waals surface area (Å²) in [5.41, 5.74) is 4.22. The predicted molar refractivity (Wildman–Crippen MR) is 96.4 cm³/mol. The zero-order valence-corrected chi connectivity index (χ0v) is 14.3. The Hall–Kier alpha value is -2.04. The Balaban J connectivity index is 1.50. The van der Waals surface area contributed by atoms with E-state index in [-0.39, 0.29) is 11.8 Å². The third kappa shape index (κ3) is 3.12. The third-order valence-corrected chi connectivity index (χ3v) is 4.99. The first-order chi connectivity index (χ1) is 11.6. The predicted octanol–water partition coefficient (Wildman–Crippen LogP) is 4.65. The molecule has 5 heteroatoms. The summed E-state index contributed by atoms with van der Waals surface area (Å²) in [7, 11) is 0. The fraction of sp³-hybridized carbons (Fsp3) is 0.316. The zero-order chi connectivity index (χ0) is 16.7. The van der Waals surface area contributed by atoms with Gasteiger partial charge in [0, 0.05) is 23.5 Å². The molecule has 1 saturated carbocycles. The number of rotatable bonds is 5. The number of halogens is 1. The molecule has 1 heterocycles.